The molecular formula is C12H10N4OS. The number of hydrogen-bond acceptors (Lipinski definition) is 4. The van der Waals surface area contributed by atoms with E-state index in [4.69, 9.17) is 0 Å². The topological polar surface area (TPSA) is 70.7 Å². The number of carbonyl (C=O) groups excluding carboxylic acids is 1. The third-order valence-electron chi connectivity index (χ3n) is 2.67. The molecule has 2 aromatic heterocycles. The van der Waals surface area contributed by atoms with Crippen LogP contribution in [0.4, 0.5) is 5.69 Å². The Morgan fingerprint density at radius 1 is 1.39 bits per heavy atom. The molecule has 3 rings (SSSR count). The van der Waals surface area contributed by atoms with Crippen LogP contribution in [0.3, 0.4) is 0 Å². The largest absolute Gasteiger partial charge is 0.361 e. The summed E-state index contributed by atoms with van der Waals surface area (Å²) in [4.78, 5) is 15.6. The van der Waals surface area contributed by atoms with Gasteiger partial charge in [-0.25, -0.2) is 0 Å². The first-order valence-corrected chi connectivity index (χ1v) is 6.19. The highest BCUT2D eigenvalue weighted by Crippen LogP contribution is 2.19. The van der Waals surface area contributed by atoms with Crippen LogP contribution in [0.15, 0.2) is 30.5 Å². The zero-order chi connectivity index (χ0) is 12.5. The molecule has 1 aromatic carbocycles. The highest BCUT2D eigenvalue weighted by atomic mass is 32.1. The first-order valence-electron chi connectivity index (χ1n) is 5.41. The van der Waals surface area contributed by atoms with Crippen LogP contribution in [0, 0.1) is 6.92 Å². The van der Waals surface area contributed by atoms with E-state index < -0.39 is 0 Å². The number of benzene rings is 1. The molecule has 1 amide bonds. The van der Waals surface area contributed by atoms with Crippen molar-refractivity contribution in [2.45, 2.75) is 6.92 Å². The molecule has 0 fully saturated rings. The van der Waals surface area contributed by atoms with E-state index in [9.17, 15) is 4.79 Å². The van der Waals surface area contributed by atoms with Crippen LogP contribution in [0.1, 0.15) is 15.4 Å². The summed E-state index contributed by atoms with van der Waals surface area (Å²) < 4.78 is 3.75. The maximum absolute atomic E-state index is 12.0. The van der Waals surface area contributed by atoms with Crippen LogP contribution in [0.5, 0.6) is 0 Å². The van der Waals surface area contributed by atoms with Gasteiger partial charge < -0.3 is 10.3 Å². The fourth-order valence-electron chi connectivity index (χ4n) is 1.76. The van der Waals surface area contributed by atoms with Gasteiger partial charge in [0.2, 0.25) is 0 Å². The van der Waals surface area contributed by atoms with E-state index in [-0.39, 0.29) is 5.91 Å². The molecule has 2 N–H and O–H groups in total. The van der Waals surface area contributed by atoms with Crippen molar-refractivity contribution in [1.29, 1.82) is 0 Å². The summed E-state index contributed by atoms with van der Waals surface area (Å²) in [6.45, 7) is 1.77. The molecule has 0 unspecified atom stereocenters. The number of nitrogens with zero attached hydrogens (tertiary/aromatic N) is 2. The minimum absolute atomic E-state index is 0.169. The van der Waals surface area contributed by atoms with Crippen molar-refractivity contribution in [3.8, 4) is 0 Å². The fraction of sp³-hybridized carbons (Fsp3) is 0.0833. The van der Waals surface area contributed by atoms with Gasteiger partial charge in [-0.15, -0.1) is 5.10 Å². The molecule has 3 aromatic rings. The standard InChI is InChI=1S/C12H10N4OS/c1-7-11(18-16-15-7)12(17)14-9-2-3-10-8(6-9)4-5-13-10/h2-6,13H,1H3,(H,14,17). The van der Waals surface area contributed by atoms with E-state index in [0.717, 1.165) is 28.1 Å². The normalized spacial score (nSPS) is 10.7. The molecular weight excluding hydrogens is 248 g/mol. The molecule has 0 saturated heterocycles. The Kier molecular flexibility index (Phi) is 2.56. The lowest BCUT2D eigenvalue weighted by Gasteiger charge is -2.03. The summed E-state index contributed by atoms with van der Waals surface area (Å²) in [5.41, 5.74) is 2.46. The summed E-state index contributed by atoms with van der Waals surface area (Å²) in [6.07, 6.45) is 1.87. The summed E-state index contributed by atoms with van der Waals surface area (Å²) in [5.74, 6) is -0.169. The van der Waals surface area contributed by atoms with Crippen molar-refractivity contribution in [1.82, 2.24) is 14.6 Å². The third kappa shape index (κ3) is 1.86. The molecule has 18 heavy (non-hydrogen) atoms. The van der Waals surface area contributed by atoms with Gasteiger partial charge in [-0.1, -0.05) is 4.49 Å². The maximum Gasteiger partial charge on any atom is 0.269 e. The van der Waals surface area contributed by atoms with E-state index in [1.807, 2.05) is 30.5 Å². The first kappa shape index (κ1) is 10.9. The van der Waals surface area contributed by atoms with E-state index >= 15 is 0 Å². The minimum atomic E-state index is -0.169. The SMILES string of the molecule is Cc1nnsc1C(=O)Nc1ccc2[nH]ccc2c1. The first-order chi connectivity index (χ1) is 8.74. The van der Waals surface area contributed by atoms with Gasteiger partial charge in [0.05, 0.1) is 5.69 Å². The predicted molar refractivity (Wildman–Crippen MR) is 70.9 cm³/mol. The van der Waals surface area contributed by atoms with Gasteiger partial charge >= 0.3 is 0 Å². The maximum atomic E-state index is 12.0. The monoisotopic (exact) mass is 258 g/mol. The number of anilines is 1. The lowest BCUT2D eigenvalue weighted by Crippen LogP contribution is -2.11. The molecule has 90 valence electrons. The average molecular weight is 258 g/mol. The minimum Gasteiger partial charge on any atom is -0.361 e. The number of aromatic amines is 1. The second kappa shape index (κ2) is 4.23. The van der Waals surface area contributed by atoms with Crippen LogP contribution in [-0.2, 0) is 0 Å². The lowest BCUT2D eigenvalue weighted by molar-refractivity contribution is 0.103. The molecule has 0 aliphatic rings. The van der Waals surface area contributed by atoms with Crippen LogP contribution >= 0.6 is 11.5 Å². The van der Waals surface area contributed by atoms with Crippen LogP contribution in [-0.4, -0.2) is 20.5 Å². The Morgan fingerprint density at radius 2 is 2.28 bits per heavy atom. The van der Waals surface area contributed by atoms with E-state index in [1.165, 1.54) is 0 Å². The molecule has 2 heterocycles. The molecule has 0 saturated carbocycles. The van der Waals surface area contributed by atoms with Crippen molar-refractivity contribution in [2.24, 2.45) is 0 Å². The summed E-state index contributed by atoms with van der Waals surface area (Å²) in [7, 11) is 0. The Hall–Kier alpha value is -2.21. The second-order valence-electron chi connectivity index (χ2n) is 3.92. The Labute approximate surface area is 107 Å². The third-order valence-corrected chi connectivity index (χ3v) is 3.50. The summed E-state index contributed by atoms with van der Waals surface area (Å²) >= 11 is 1.10. The molecule has 0 aliphatic heterocycles. The van der Waals surface area contributed by atoms with E-state index in [2.05, 4.69) is 19.9 Å². The highest BCUT2D eigenvalue weighted by molar-refractivity contribution is 7.08. The quantitative estimate of drug-likeness (QED) is 0.742. The second-order valence-corrected chi connectivity index (χ2v) is 4.68. The summed E-state index contributed by atoms with van der Waals surface area (Å²) in [6, 6.07) is 7.68. The smallest absolute Gasteiger partial charge is 0.269 e. The number of aromatic nitrogens is 3. The van der Waals surface area contributed by atoms with Gasteiger partial charge in [0.15, 0.2) is 0 Å². The predicted octanol–water partition coefficient (Wildman–Crippen LogP) is 2.58. The number of fused-ring (bicyclic) bond motifs is 1. The van der Waals surface area contributed by atoms with Gasteiger partial charge in [0.25, 0.3) is 5.91 Å². The number of carbonyl (C=O) groups is 1. The van der Waals surface area contributed by atoms with Crippen molar-refractivity contribution < 1.29 is 4.79 Å². The van der Waals surface area contributed by atoms with Gasteiger partial charge in [-0.3, -0.25) is 4.79 Å². The zero-order valence-electron chi connectivity index (χ0n) is 9.60. The van der Waals surface area contributed by atoms with Crippen LogP contribution in [0.25, 0.3) is 10.9 Å². The zero-order valence-corrected chi connectivity index (χ0v) is 10.4. The Bertz CT molecular complexity index is 716. The van der Waals surface area contributed by atoms with Gasteiger partial charge in [-0.05, 0) is 42.7 Å². The number of amides is 1. The van der Waals surface area contributed by atoms with Gasteiger partial charge in [0.1, 0.15) is 4.88 Å². The van der Waals surface area contributed by atoms with Crippen LogP contribution in [0.2, 0.25) is 0 Å². The fourth-order valence-corrected chi connectivity index (χ4v) is 2.31. The molecule has 6 heteroatoms. The number of rotatable bonds is 2. The van der Waals surface area contributed by atoms with Crippen molar-refractivity contribution in [2.75, 3.05) is 5.32 Å². The molecule has 0 bridgehead atoms. The highest BCUT2D eigenvalue weighted by Gasteiger charge is 2.13. The van der Waals surface area contributed by atoms with E-state index in [1.54, 1.807) is 6.92 Å². The summed E-state index contributed by atoms with van der Waals surface area (Å²) in [5, 5.41) is 7.73. The van der Waals surface area contributed by atoms with Crippen molar-refractivity contribution >= 4 is 34.0 Å². The number of hydrogen-bond donors (Lipinski definition) is 2. The Morgan fingerprint density at radius 3 is 3.06 bits per heavy atom. The van der Waals surface area contributed by atoms with Crippen molar-refractivity contribution in [3.05, 3.63) is 41.0 Å². The number of H-pyrrole nitrogens is 1. The lowest BCUT2D eigenvalue weighted by atomic mass is 10.2. The van der Waals surface area contributed by atoms with Gasteiger partial charge in [0, 0.05) is 22.8 Å². The molecule has 0 atom stereocenters. The molecule has 0 spiro atoms. The van der Waals surface area contributed by atoms with Crippen LogP contribution < -0.4 is 5.32 Å². The molecule has 0 aliphatic carbocycles. The van der Waals surface area contributed by atoms with Gasteiger partial charge in [-0.2, -0.15) is 0 Å². The van der Waals surface area contributed by atoms with Crippen molar-refractivity contribution in [3.63, 3.8) is 0 Å². The Balaban J connectivity index is 1.88. The molecule has 5 nitrogen and oxygen atoms in total. The average Bonchev–Trinajstić information content (AvgIpc) is 2.96. The number of nitrogens with one attached hydrogen (secondary N) is 2. The molecule has 0 radical (unpaired) electrons. The number of aryl methyl sites for hydroxylation is 1. The van der Waals surface area contributed by atoms with E-state index in [0.29, 0.717) is 10.6 Å².